The van der Waals surface area contributed by atoms with Crippen molar-refractivity contribution in [1.29, 1.82) is 5.26 Å². The lowest BCUT2D eigenvalue weighted by atomic mass is 9.73. The largest absolute Gasteiger partial charge is 0.342 e. The predicted molar refractivity (Wildman–Crippen MR) is 137 cm³/mol. The van der Waals surface area contributed by atoms with Crippen LogP contribution in [0.2, 0.25) is 0 Å². The fourth-order valence-corrected chi connectivity index (χ4v) is 6.55. The van der Waals surface area contributed by atoms with Crippen molar-refractivity contribution in [3.63, 3.8) is 0 Å². The van der Waals surface area contributed by atoms with Crippen LogP contribution in [-0.4, -0.2) is 33.3 Å². The Balaban J connectivity index is 1.15. The molecule has 0 radical (unpaired) electrons. The van der Waals surface area contributed by atoms with E-state index >= 15 is 0 Å². The molecule has 1 spiro atoms. The molecule has 4 aromatic rings. The zero-order chi connectivity index (χ0) is 24.5. The number of H-pyrrole nitrogens is 2. The molecular weight excluding hydrogens is 450 g/mol. The molecule has 2 aromatic carbocycles. The molecular formula is C28H27N7O. The van der Waals surface area contributed by atoms with E-state index in [0.29, 0.717) is 22.5 Å². The van der Waals surface area contributed by atoms with Crippen LogP contribution in [-0.2, 0) is 11.8 Å². The molecule has 0 unspecified atom stereocenters. The van der Waals surface area contributed by atoms with E-state index in [2.05, 4.69) is 44.3 Å². The van der Waals surface area contributed by atoms with Crippen molar-refractivity contribution in [2.24, 2.45) is 11.1 Å². The number of fused-ring (bicyclic) bond motifs is 2. The highest BCUT2D eigenvalue weighted by Crippen LogP contribution is 2.54. The number of nitrogens with one attached hydrogen (secondary N) is 2. The predicted octanol–water partition coefficient (Wildman–Crippen LogP) is 3.44. The summed E-state index contributed by atoms with van der Waals surface area (Å²) in [5.74, 6) is 0.581. The van der Waals surface area contributed by atoms with Gasteiger partial charge in [0.05, 0.1) is 17.3 Å². The molecule has 0 amide bonds. The normalized spacial score (nSPS) is 21.4. The van der Waals surface area contributed by atoms with Crippen molar-refractivity contribution in [3.8, 4) is 6.07 Å². The summed E-state index contributed by atoms with van der Waals surface area (Å²) in [6.45, 7) is 1.52. The molecule has 1 saturated heterocycles. The molecule has 0 bridgehead atoms. The van der Waals surface area contributed by atoms with Crippen molar-refractivity contribution in [2.45, 2.75) is 43.6 Å². The summed E-state index contributed by atoms with van der Waals surface area (Å²) in [4.78, 5) is 23.3. The average Bonchev–Trinajstić information content (AvgIpc) is 3.53. The van der Waals surface area contributed by atoms with Crippen LogP contribution < -0.4 is 16.2 Å². The van der Waals surface area contributed by atoms with Crippen LogP contribution in [0.5, 0.6) is 0 Å². The minimum atomic E-state index is -0.202. The minimum absolute atomic E-state index is 0.0213. The second kappa shape index (κ2) is 7.52. The summed E-state index contributed by atoms with van der Waals surface area (Å²) in [5, 5.41) is 17.5. The smallest absolute Gasteiger partial charge is 0.263 e. The SMILES string of the molecule is N#Cc1ccc2c(c1)[C@@H](N)C1(CCN(c3nc4[nH]nc(C5(c6ccccc6)CC5)c4c(=O)[nH]3)CC1)C2. The van der Waals surface area contributed by atoms with Crippen LogP contribution in [0.3, 0.4) is 0 Å². The first-order valence-corrected chi connectivity index (χ1v) is 12.6. The third kappa shape index (κ3) is 2.99. The number of hydrogen-bond donors (Lipinski definition) is 3. The van der Waals surface area contributed by atoms with Crippen molar-refractivity contribution in [1.82, 2.24) is 20.2 Å². The zero-order valence-electron chi connectivity index (χ0n) is 19.9. The highest BCUT2D eigenvalue weighted by atomic mass is 16.1. The van der Waals surface area contributed by atoms with Gasteiger partial charge in [0.1, 0.15) is 5.39 Å². The van der Waals surface area contributed by atoms with Gasteiger partial charge in [-0.2, -0.15) is 15.3 Å². The Labute approximate surface area is 208 Å². The number of piperidine rings is 1. The van der Waals surface area contributed by atoms with E-state index in [9.17, 15) is 10.1 Å². The van der Waals surface area contributed by atoms with E-state index in [0.717, 1.165) is 56.5 Å². The Morgan fingerprint density at radius 3 is 2.58 bits per heavy atom. The number of benzene rings is 2. The molecule has 2 fully saturated rings. The van der Waals surface area contributed by atoms with Gasteiger partial charge in [-0.25, -0.2) is 0 Å². The highest BCUT2D eigenvalue weighted by Gasteiger charge is 2.50. The average molecular weight is 478 g/mol. The molecule has 1 atom stereocenters. The Morgan fingerprint density at radius 2 is 1.86 bits per heavy atom. The van der Waals surface area contributed by atoms with Gasteiger partial charge in [-0.05, 0) is 66.3 Å². The maximum atomic E-state index is 13.3. The van der Waals surface area contributed by atoms with Crippen molar-refractivity contribution in [2.75, 3.05) is 18.0 Å². The standard InChI is InChI=1S/C28H27N7O/c29-16-17-6-7-18-15-27(22(30)20(18)14-17)10-12-35(13-11-27)26-31-24-21(25(36)32-26)23(33-34-24)28(8-9-28)19-4-2-1-3-5-19/h1-7,14,22H,8-13,15,30H2,(H2,31,32,33,34,36)/t22-/m1/s1. The topological polar surface area (TPSA) is 127 Å². The van der Waals surface area contributed by atoms with Gasteiger partial charge in [0.2, 0.25) is 5.95 Å². The summed E-state index contributed by atoms with van der Waals surface area (Å²) in [7, 11) is 0. The fourth-order valence-electron chi connectivity index (χ4n) is 6.55. The van der Waals surface area contributed by atoms with Crippen LogP contribution in [0.4, 0.5) is 5.95 Å². The summed E-state index contributed by atoms with van der Waals surface area (Å²) in [6, 6.07) is 18.3. The Hall–Kier alpha value is -3.96. The third-order valence-electron chi connectivity index (χ3n) is 8.82. The third-order valence-corrected chi connectivity index (χ3v) is 8.82. The Morgan fingerprint density at radius 1 is 1.08 bits per heavy atom. The molecule has 1 aliphatic heterocycles. The van der Waals surface area contributed by atoms with E-state index in [1.807, 2.05) is 30.3 Å². The number of nitriles is 1. The molecule has 4 N–H and O–H groups in total. The molecule has 7 rings (SSSR count). The number of nitrogens with two attached hydrogens (primary N) is 1. The van der Waals surface area contributed by atoms with E-state index in [1.54, 1.807) is 0 Å². The van der Waals surface area contributed by atoms with Gasteiger partial charge in [0, 0.05) is 24.5 Å². The number of rotatable bonds is 3. The Kier molecular flexibility index (Phi) is 4.45. The monoisotopic (exact) mass is 477 g/mol. The lowest BCUT2D eigenvalue weighted by molar-refractivity contribution is 0.187. The van der Waals surface area contributed by atoms with E-state index in [-0.39, 0.29) is 22.4 Å². The fraction of sp³-hybridized carbons (Fsp3) is 0.357. The van der Waals surface area contributed by atoms with E-state index in [1.165, 1.54) is 11.1 Å². The number of anilines is 1. The molecule has 2 aliphatic carbocycles. The number of nitrogens with zero attached hydrogens (tertiary/aromatic N) is 4. The maximum Gasteiger partial charge on any atom is 0.263 e. The van der Waals surface area contributed by atoms with Gasteiger partial charge in [0.15, 0.2) is 5.65 Å². The van der Waals surface area contributed by atoms with Gasteiger partial charge in [-0.15, -0.1) is 0 Å². The molecule has 1 saturated carbocycles. The zero-order valence-corrected chi connectivity index (χ0v) is 19.9. The number of aromatic amines is 2. The second-order valence-corrected chi connectivity index (χ2v) is 10.7. The first-order chi connectivity index (χ1) is 17.5. The number of hydrogen-bond acceptors (Lipinski definition) is 6. The lowest BCUT2D eigenvalue weighted by Gasteiger charge is -2.42. The second-order valence-electron chi connectivity index (χ2n) is 10.7. The lowest BCUT2D eigenvalue weighted by Crippen LogP contribution is -2.45. The molecule has 8 heteroatoms. The molecule has 180 valence electrons. The van der Waals surface area contributed by atoms with Crippen molar-refractivity contribution < 1.29 is 0 Å². The summed E-state index contributed by atoms with van der Waals surface area (Å²) in [6.07, 6.45) is 4.68. The van der Waals surface area contributed by atoms with Gasteiger partial charge in [0.25, 0.3) is 5.56 Å². The molecule has 3 aliphatic rings. The number of aromatic nitrogens is 4. The van der Waals surface area contributed by atoms with E-state index in [4.69, 9.17) is 10.7 Å². The summed E-state index contributed by atoms with van der Waals surface area (Å²) in [5.41, 5.74) is 11.9. The summed E-state index contributed by atoms with van der Waals surface area (Å²) < 4.78 is 0. The quantitative estimate of drug-likeness (QED) is 0.415. The first-order valence-electron chi connectivity index (χ1n) is 12.6. The van der Waals surface area contributed by atoms with Gasteiger partial charge in [-0.3, -0.25) is 14.9 Å². The maximum absolute atomic E-state index is 13.3. The van der Waals surface area contributed by atoms with Crippen LogP contribution in [0.15, 0.2) is 53.3 Å². The van der Waals surface area contributed by atoms with Crippen LogP contribution >= 0.6 is 0 Å². The summed E-state index contributed by atoms with van der Waals surface area (Å²) >= 11 is 0. The Bertz CT molecular complexity index is 1580. The van der Waals surface area contributed by atoms with Gasteiger partial charge >= 0.3 is 0 Å². The van der Waals surface area contributed by atoms with Crippen LogP contribution in [0, 0.1) is 16.7 Å². The van der Waals surface area contributed by atoms with Crippen LogP contribution in [0.25, 0.3) is 11.0 Å². The molecule has 3 heterocycles. The van der Waals surface area contributed by atoms with Gasteiger partial charge in [-0.1, -0.05) is 36.4 Å². The minimum Gasteiger partial charge on any atom is -0.342 e. The van der Waals surface area contributed by atoms with Crippen molar-refractivity contribution >= 4 is 17.0 Å². The van der Waals surface area contributed by atoms with Crippen molar-refractivity contribution in [3.05, 3.63) is 86.8 Å². The molecule has 2 aromatic heterocycles. The van der Waals surface area contributed by atoms with Crippen LogP contribution in [0.1, 0.15) is 59.7 Å². The molecule has 8 nitrogen and oxygen atoms in total. The van der Waals surface area contributed by atoms with E-state index < -0.39 is 0 Å². The molecule has 36 heavy (non-hydrogen) atoms. The highest BCUT2D eigenvalue weighted by molar-refractivity contribution is 5.80. The first kappa shape index (κ1) is 21.3. The van der Waals surface area contributed by atoms with Gasteiger partial charge < -0.3 is 10.6 Å².